The first-order valence-electron chi connectivity index (χ1n) is 10.4. The molecule has 3 aromatic rings. The van der Waals surface area contributed by atoms with E-state index in [1.807, 2.05) is 26.1 Å². The van der Waals surface area contributed by atoms with Crippen molar-refractivity contribution in [2.75, 3.05) is 16.8 Å². The molecule has 7 nitrogen and oxygen atoms in total. The van der Waals surface area contributed by atoms with Gasteiger partial charge in [0, 0.05) is 49.1 Å². The van der Waals surface area contributed by atoms with Crippen LogP contribution in [0.4, 0.5) is 11.8 Å². The summed E-state index contributed by atoms with van der Waals surface area (Å²) < 4.78 is 0. The van der Waals surface area contributed by atoms with E-state index >= 15 is 0 Å². The minimum Gasteiger partial charge on any atom is -0.349 e. The fourth-order valence-corrected chi connectivity index (χ4v) is 4.11. The third kappa shape index (κ3) is 4.23. The maximum atomic E-state index is 11.6. The van der Waals surface area contributed by atoms with Crippen LogP contribution in [0.15, 0.2) is 30.7 Å². The van der Waals surface area contributed by atoms with Crippen molar-refractivity contribution >= 4 is 29.3 Å². The lowest BCUT2D eigenvalue weighted by molar-refractivity contribution is -0.115. The topological polar surface area (TPSA) is 83.9 Å². The molecule has 3 aromatic heterocycles. The van der Waals surface area contributed by atoms with Gasteiger partial charge in [-0.1, -0.05) is 24.6 Å². The molecule has 4 rings (SSSR count). The zero-order valence-corrected chi connectivity index (χ0v) is 18.9. The molecular formula is C23H25ClN6O. The molecule has 0 radical (unpaired) electrons. The lowest BCUT2D eigenvalue weighted by Gasteiger charge is -2.35. The average molecular weight is 437 g/mol. The number of rotatable bonds is 4. The molecule has 1 unspecified atom stereocenters. The summed E-state index contributed by atoms with van der Waals surface area (Å²) in [5.74, 6) is 1.10. The van der Waals surface area contributed by atoms with E-state index in [-0.39, 0.29) is 11.9 Å². The van der Waals surface area contributed by atoms with Gasteiger partial charge in [-0.3, -0.25) is 15.1 Å². The summed E-state index contributed by atoms with van der Waals surface area (Å²) in [6.45, 7) is 8.72. The molecule has 1 N–H and O–H groups in total. The molecule has 1 amide bonds. The third-order valence-corrected chi connectivity index (χ3v) is 5.89. The van der Waals surface area contributed by atoms with Crippen molar-refractivity contribution in [1.82, 2.24) is 19.9 Å². The van der Waals surface area contributed by atoms with Crippen LogP contribution in [-0.2, 0) is 11.2 Å². The monoisotopic (exact) mass is 436 g/mol. The number of aromatic nitrogens is 4. The standard InChI is InChI=1S/C23H25ClN6O/c1-5-21(31)29-23-27-11-17-15(4)30(7-6-19(17)28-23)20-9-16(18(24)12-25-20)22-14(3)8-13(2)10-26-22/h8-12,15H,5-7H2,1-4H3,(H,27,28,29,31). The summed E-state index contributed by atoms with van der Waals surface area (Å²) in [4.78, 5) is 32.0. The van der Waals surface area contributed by atoms with E-state index in [4.69, 9.17) is 11.6 Å². The summed E-state index contributed by atoms with van der Waals surface area (Å²) in [6.07, 6.45) is 6.47. The number of carbonyl (C=O) groups is 1. The van der Waals surface area contributed by atoms with Gasteiger partial charge in [0.1, 0.15) is 5.82 Å². The fourth-order valence-electron chi connectivity index (χ4n) is 3.91. The molecule has 160 valence electrons. The van der Waals surface area contributed by atoms with E-state index in [2.05, 4.69) is 43.1 Å². The van der Waals surface area contributed by atoms with Gasteiger partial charge in [0.25, 0.3) is 0 Å². The minimum absolute atomic E-state index is 0.0354. The van der Waals surface area contributed by atoms with Gasteiger partial charge in [0.05, 0.1) is 22.5 Å². The highest BCUT2D eigenvalue weighted by Gasteiger charge is 2.27. The van der Waals surface area contributed by atoms with E-state index in [9.17, 15) is 4.79 Å². The van der Waals surface area contributed by atoms with E-state index in [0.29, 0.717) is 17.4 Å². The summed E-state index contributed by atoms with van der Waals surface area (Å²) in [5, 5.41) is 3.31. The smallest absolute Gasteiger partial charge is 0.229 e. The van der Waals surface area contributed by atoms with Crippen LogP contribution in [0.1, 0.15) is 48.7 Å². The molecule has 0 spiro atoms. The predicted molar refractivity (Wildman–Crippen MR) is 122 cm³/mol. The molecule has 0 bridgehead atoms. The largest absolute Gasteiger partial charge is 0.349 e. The Labute approximate surface area is 186 Å². The maximum Gasteiger partial charge on any atom is 0.229 e. The molecule has 4 heterocycles. The average Bonchev–Trinajstić information content (AvgIpc) is 2.75. The summed E-state index contributed by atoms with van der Waals surface area (Å²) in [6, 6.07) is 4.14. The van der Waals surface area contributed by atoms with Crippen molar-refractivity contribution in [2.24, 2.45) is 0 Å². The number of pyridine rings is 2. The van der Waals surface area contributed by atoms with Gasteiger partial charge in [-0.15, -0.1) is 0 Å². The van der Waals surface area contributed by atoms with Crippen molar-refractivity contribution in [3.05, 3.63) is 58.1 Å². The molecule has 1 aliphatic rings. The number of halogens is 1. The van der Waals surface area contributed by atoms with Crippen molar-refractivity contribution in [1.29, 1.82) is 0 Å². The minimum atomic E-state index is -0.0941. The number of carbonyl (C=O) groups excluding carboxylic acids is 1. The SMILES string of the molecule is CCC(=O)Nc1ncc2c(n1)CCN(c1cc(-c3ncc(C)cc3C)c(Cl)cn1)C2C. The first-order chi connectivity index (χ1) is 14.9. The zero-order chi connectivity index (χ0) is 22.1. The van der Waals surface area contributed by atoms with Crippen LogP contribution in [0.5, 0.6) is 0 Å². The number of nitrogens with zero attached hydrogens (tertiary/aromatic N) is 5. The first-order valence-corrected chi connectivity index (χ1v) is 10.8. The number of hydrogen-bond acceptors (Lipinski definition) is 6. The Bertz CT molecular complexity index is 1150. The third-order valence-electron chi connectivity index (χ3n) is 5.58. The molecule has 0 fully saturated rings. The maximum absolute atomic E-state index is 11.6. The lowest BCUT2D eigenvalue weighted by atomic mass is 9.99. The van der Waals surface area contributed by atoms with Gasteiger partial charge < -0.3 is 4.90 Å². The molecule has 31 heavy (non-hydrogen) atoms. The highest BCUT2D eigenvalue weighted by molar-refractivity contribution is 6.33. The Morgan fingerprint density at radius 1 is 1.19 bits per heavy atom. The van der Waals surface area contributed by atoms with Crippen molar-refractivity contribution < 1.29 is 4.79 Å². The number of fused-ring (bicyclic) bond motifs is 1. The second-order valence-corrected chi connectivity index (χ2v) is 8.22. The van der Waals surface area contributed by atoms with Crippen LogP contribution in [0.3, 0.4) is 0 Å². The summed E-state index contributed by atoms with van der Waals surface area (Å²) >= 11 is 6.49. The normalized spacial score (nSPS) is 15.5. The molecule has 0 aromatic carbocycles. The molecule has 0 saturated carbocycles. The van der Waals surface area contributed by atoms with Gasteiger partial charge in [-0.25, -0.2) is 15.0 Å². The van der Waals surface area contributed by atoms with Gasteiger partial charge in [0.15, 0.2) is 0 Å². The van der Waals surface area contributed by atoms with Gasteiger partial charge in [-0.2, -0.15) is 0 Å². The Hall–Kier alpha value is -3.06. The van der Waals surface area contributed by atoms with Crippen LogP contribution in [-0.4, -0.2) is 32.4 Å². The number of anilines is 2. The van der Waals surface area contributed by atoms with E-state index in [0.717, 1.165) is 52.4 Å². The zero-order valence-electron chi connectivity index (χ0n) is 18.1. The van der Waals surface area contributed by atoms with Crippen LogP contribution in [0.2, 0.25) is 5.02 Å². The van der Waals surface area contributed by atoms with Crippen molar-refractivity contribution in [2.45, 2.75) is 46.6 Å². The van der Waals surface area contributed by atoms with E-state index in [1.54, 1.807) is 19.3 Å². The quantitative estimate of drug-likeness (QED) is 0.639. The second-order valence-electron chi connectivity index (χ2n) is 7.82. The van der Waals surface area contributed by atoms with Crippen molar-refractivity contribution in [3.8, 4) is 11.3 Å². The molecule has 0 aliphatic carbocycles. The number of nitrogens with one attached hydrogen (secondary N) is 1. The lowest BCUT2D eigenvalue weighted by Crippen LogP contribution is -2.35. The van der Waals surface area contributed by atoms with Gasteiger partial charge in [-0.05, 0) is 38.0 Å². The highest BCUT2D eigenvalue weighted by atomic mass is 35.5. The summed E-state index contributed by atoms with van der Waals surface area (Å²) in [5.41, 5.74) is 5.91. The molecule has 0 saturated heterocycles. The van der Waals surface area contributed by atoms with E-state index < -0.39 is 0 Å². The molecule has 8 heteroatoms. The van der Waals surface area contributed by atoms with Crippen molar-refractivity contribution in [3.63, 3.8) is 0 Å². The van der Waals surface area contributed by atoms with Gasteiger partial charge >= 0.3 is 0 Å². The Morgan fingerprint density at radius 2 is 2.00 bits per heavy atom. The van der Waals surface area contributed by atoms with Crippen LogP contribution < -0.4 is 10.2 Å². The molecule has 1 atom stereocenters. The number of aryl methyl sites for hydroxylation is 2. The predicted octanol–water partition coefficient (Wildman–Crippen LogP) is 4.68. The van der Waals surface area contributed by atoms with Crippen LogP contribution in [0.25, 0.3) is 11.3 Å². The first kappa shape index (κ1) is 21.2. The van der Waals surface area contributed by atoms with Crippen LogP contribution in [0, 0.1) is 13.8 Å². The highest BCUT2D eigenvalue weighted by Crippen LogP contribution is 2.36. The molecule has 1 aliphatic heterocycles. The second kappa shape index (κ2) is 8.59. The van der Waals surface area contributed by atoms with Crippen LogP contribution >= 0.6 is 11.6 Å². The molecular weight excluding hydrogens is 412 g/mol. The Morgan fingerprint density at radius 3 is 2.74 bits per heavy atom. The number of amides is 1. The Balaban J connectivity index is 1.65. The number of hydrogen-bond donors (Lipinski definition) is 1. The van der Waals surface area contributed by atoms with Gasteiger partial charge in [0.2, 0.25) is 11.9 Å². The summed E-state index contributed by atoms with van der Waals surface area (Å²) in [7, 11) is 0. The van der Waals surface area contributed by atoms with E-state index in [1.165, 1.54) is 0 Å². The fraction of sp³-hybridized carbons (Fsp3) is 0.348. The Kier molecular flexibility index (Phi) is 5.87.